The molecule has 1 aromatic rings. The summed E-state index contributed by atoms with van der Waals surface area (Å²) in [7, 11) is 4.33. The molecule has 1 unspecified atom stereocenters. The van der Waals surface area contributed by atoms with Gasteiger partial charge >= 0.3 is 0 Å². The molecule has 14 heavy (non-hydrogen) atoms. The Morgan fingerprint density at radius 1 is 1.36 bits per heavy atom. The van der Waals surface area contributed by atoms with E-state index in [0.29, 0.717) is 6.04 Å². The van der Waals surface area contributed by atoms with Crippen molar-refractivity contribution < 1.29 is 0 Å². The van der Waals surface area contributed by atoms with Gasteiger partial charge < -0.3 is 4.90 Å². The van der Waals surface area contributed by atoms with E-state index in [2.05, 4.69) is 53.1 Å². The van der Waals surface area contributed by atoms with E-state index in [9.17, 15) is 0 Å². The topological polar surface area (TPSA) is 3.24 Å². The summed E-state index contributed by atoms with van der Waals surface area (Å²) in [5, 5.41) is 0. The van der Waals surface area contributed by atoms with E-state index in [4.69, 9.17) is 0 Å². The molecule has 0 saturated heterocycles. The van der Waals surface area contributed by atoms with E-state index in [0.717, 1.165) is 0 Å². The third-order valence-corrected chi connectivity index (χ3v) is 3.51. The van der Waals surface area contributed by atoms with Crippen molar-refractivity contribution in [3.63, 3.8) is 0 Å². The summed E-state index contributed by atoms with van der Waals surface area (Å²) in [6.07, 6.45) is 3.85. The van der Waals surface area contributed by atoms with Crippen LogP contribution in [0.1, 0.15) is 30.0 Å². The summed E-state index contributed by atoms with van der Waals surface area (Å²) in [5.41, 5.74) is 3.04. The van der Waals surface area contributed by atoms with Gasteiger partial charge in [0.1, 0.15) is 0 Å². The molecule has 0 heterocycles. The maximum atomic E-state index is 3.55. The van der Waals surface area contributed by atoms with Gasteiger partial charge in [-0.05, 0) is 56.6 Å². The Morgan fingerprint density at radius 2 is 2.14 bits per heavy atom. The van der Waals surface area contributed by atoms with Crippen LogP contribution in [-0.4, -0.2) is 19.0 Å². The average Bonchev–Trinajstić information content (AvgIpc) is 2.16. The van der Waals surface area contributed by atoms with Crippen molar-refractivity contribution in [3.05, 3.63) is 33.8 Å². The van der Waals surface area contributed by atoms with Crippen molar-refractivity contribution >= 4 is 15.9 Å². The normalized spacial score (nSPS) is 21.0. The Bertz CT molecular complexity index is 333. The van der Waals surface area contributed by atoms with Gasteiger partial charge in [-0.2, -0.15) is 0 Å². The molecule has 0 fully saturated rings. The number of fused-ring (bicyclic) bond motifs is 1. The molecule has 76 valence electrons. The number of nitrogens with zero attached hydrogens (tertiary/aromatic N) is 1. The Balaban J connectivity index is 2.41. The third-order valence-electron chi connectivity index (χ3n) is 3.01. The van der Waals surface area contributed by atoms with Gasteiger partial charge in [0.2, 0.25) is 0 Å². The maximum absolute atomic E-state index is 3.55. The SMILES string of the molecule is CN(C)C1CCCc2ccc(Br)cc21. The maximum Gasteiger partial charge on any atom is 0.0345 e. The van der Waals surface area contributed by atoms with Gasteiger partial charge in [-0.25, -0.2) is 0 Å². The molecule has 0 aromatic heterocycles. The number of aryl methyl sites for hydroxylation is 1. The monoisotopic (exact) mass is 253 g/mol. The van der Waals surface area contributed by atoms with Crippen LogP contribution >= 0.6 is 15.9 Å². The molecule has 0 N–H and O–H groups in total. The Labute approximate surface area is 94.2 Å². The first-order chi connectivity index (χ1) is 6.68. The molecule has 0 radical (unpaired) electrons. The fourth-order valence-corrected chi connectivity index (χ4v) is 2.66. The van der Waals surface area contributed by atoms with Crippen LogP contribution < -0.4 is 0 Å². The van der Waals surface area contributed by atoms with E-state index >= 15 is 0 Å². The quantitative estimate of drug-likeness (QED) is 0.742. The smallest absolute Gasteiger partial charge is 0.0345 e. The highest BCUT2D eigenvalue weighted by molar-refractivity contribution is 9.10. The first-order valence-corrected chi connectivity index (χ1v) is 5.92. The lowest BCUT2D eigenvalue weighted by Gasteiger charge is -2.30. The minimum atomic E-state index is 0.608. The van der Waals surface area contributed by atoms with Crippen LogP contribution in [0.3, 0.4) is 0 Å². The van der Waals surface area contributed by atoms with E-state index in [1.165, 1.54) is 34.9 Å². The predicted molar refractivity (Wildman–Crippen MR) is 63.5 cm³/mol. The van der Waals surface area contributed by atoms with Crippen molar-refractivity contribution in [2.24, 2.45) is 0 Å². The number of rotatable bonds is 1. The summed E-state index contributed by atoms with van der Waals surface area (Å²) in [6.45, 7) is 0. The van der Waals surface area contributed by atoms with Crippen molar-refractivity contribution in [1.82, 2.24) is 4.90 Å². The standard InChI is InChI=1S/C12H16BrN/c1-14(2)12-5-3-4-9-6-7-10(13)8-11(9)12/h6-8,12H,3-5H2,1-2H3. The van der Waals surface area contributed by atoms with Crippen LogP contribution in [0.4, 0.5) is 0 Å². The summed E-state index contributed by atoms with van der Waals surface area (Å²) in [4.78, 5) is 2.32. The lowest BCUT2D eigenvalue weighted by Crippen LogP contribution is -2.24. The Kier molecular flexibility index (Phi) is 2.93. The molecule has 2 rings (SSSR count). The van der Waals surface area contributed by atoms with E-state index in [1.54, 1.807) is 0 Å². The lowest BCUT2D eigenvalue weighted by molar-refractivity contribution is 0.268. The minimum Gasteiger partial charge on any atom is -0.302 e. The largest absolute Gasteiger partial charge is 0.302 e. The van der Waals surface area contributed by atoms with Gasteiger partial charge in [0.25, 0.3) is 0 Å². The van der Waals surface area contributed by atoms with Crippen LogP contribution in [0.2, 0.25) is 0 Å². The molecule has 1 nitrogen and oxygen atoms in total. The zero-order valence-corrected chi connectivity index (χ0v) is 10.3. The van der Waals surface area contributed by atoms with Gasteiger partial charge in [-0.1, -0.05) is 22.0 Å². The summed E-state index contributed by atoms with van der Waals surface area (Å²) >= 11 is 3.55. The van der Waals surface area contributed by atoms with E-state index in [-0.39, 0.29) is 0 Å². The average molecular weight is 254 g/mol. The van der Waals surface area contributed by atoms with E-state index in [1.807, 2.05) is 0 Å². The van der Waals surface area contributed by atoms with Crippen molar-refractivity contribution in [2.45, 2.75) is 25.3 Å². The second-order valence-corrected chi connectivity index (χ2v) is 5.13. The highest BCUT2D eigenvalue weighted by atomic mass is 79.9. The van der Waals surface area contributed by atoms with Gasteiger partial charge in [0.05, 0.1) is 0 Å². The van der Waals surface area contributed by atoms with Crippen molar-refractivity contribution in [3.8, 4) is 0 Å². The lowest BCUT2D eigenvalue weighted by atomic mass is 9.87. The fraction of sp³-hybridized carbons (Fsp3) is 0.500. The Morgan fingerprint density at radius 3 is 2.86 bits per heavy atom. The molecule has 0 aliphatic heterocycles. The first-order valence-electron chi connectivity index (χ1n) is 5.13. The molecule has 0 saturated carbocycles. The van der Waals surface area contributed by atoms with Gasteiger partial charge in [-0.15, -0.1) is 0 Å². The van der Waals surface area contributed by atoms with Crippen LogP contribution in [0.5, 0.6) is 0 Å². The second kappa shape index (κ2) is 4.03. The van der Waals surface area contributed by atoms with Crippen molar-refractivity contribution in [1.29, 1.82) is 0 Å². The molecular weight excluding hydrogens is 238 g/mol. The highest BCUT2D eigenvalue weighted by Gasteiger charge is 2.21. The van der Waals surface area contributed by atoms with E-state index < -0.39 is 0 Å². The summed E-state index contributed by atoms with van der Waals surface area (Å²) in [5.74, 6) is 0. The molecule has 0 bridgehead atoms. The number of benzene rings is 1. The van der Waals surface area contributed by atoms with Crippen LogP contribution in [-0.2, 0) is 6.42 Å². The fourth-order valence-electron chi connectivity index (χ4n) is 2.28. The van der Waals surface area contributed by atoms with Crippen LogP contribution in [0.25, 0.3) is 0 Å². The predicted octanol–water partition coefficient (Wildman–Crippen LogP) is 3.39. The molecule has 1 aromatic carbocycles. The van der Waals surface area contributed by atoms with Gasteiger partial charge in [0.15, 0.2) is 0 Å². The van der Waals surface area contributed by atoms with Crippen LogP contribution in [0, 0.1) is 0 Å². The molecular formula is C12H16BrN. The number of hydrogen-bond donors (Lipinski definition) is 0. The molecule has 2 heteroatoms. The van der Waals surface area contributed by atoms with Gasteiger partial charge in [0, 0.05) is 10.5 Å². The Hall–Kier alpha value is -0.340. The van der Waals surface area contributed by atoms with Gasteiger partial charge in [-0.3, -0.25) is 0 Å². The zero-order chi connectivity index (χ0) is 10.1. The highest BCUT2D eigenvalue weighted by Crippen LogP contribution is 2.34. The molecule has 0 spiro atoms. The second-order valence-electron chi connectivity index (χ2n) is 4.21. The van der Waals surface area contributed by atoms with Crippen LogP contribution in [0.15, 0.2) is 22.7 Å². The zero-order valence-electron chi connectivity index (χ0n) is 8.76. The third kappa shape index (κ3) is 1.86. The first kappa shape index (κ1) is 10.2. The summed E-state index contributed by atoms with van der Waals surface area (Å²) < 4.78 is 1.20. The van der Waals surface area contributed by atoms with Crippen molar-refractivity contribution in [2.75, 3.05) is 14.1 Å². The molecule has 1 aliphatic carbocycles. The minimum absolute atomic E-state index is 0.608. The molecule has 0 amide bonds. The molecule has 1 atom stereocenters. The number of hydrogen-bond acceptors (Lipinski definition) is 1. The molecule has 1 aliphatic rings. The summed E-state index contributed by atoms with van der Waals surface area (Å²) in [6, 6.07) is 7.29. The number of halogens is 1.